The molecule has 1 rings (SSSR count). The first-order valence-corrected chi connectivity index (χ1v) is 6.14. The van der Waals surface area contributed by atoms with Crippen LogP contribution in [0.2, 0.25) is 0 Å². The van der Waals surface area contributed by atoms with Crippen molar-refractivity contribution in [2.24, 2.45) is 5.73 Å². The first-order chi connectivity index (χ1) is 9.93. The van der Waals surface area contributed by atoms with Gasteiger partial charge in [0.1, 0.15) is 6.04 Å². The number of carbonyl (C=O) groups is 2. The summed E-state index contributed by atoms with van der Waals surface area (Å²) < 4.78 is 0. The Balaban J connectivity index is 2.59. The van der Waals surface area contributed by atoms with E-state index in [1.54, 1.807) is 0 Å². The Morgan fingerprint density at radius 1 is 1.33 bits per heavy atom. The van der Waals surface area contributed by atoms with Gasteiger partial charge in [-0.25, -0.2) is 0 Å². The van der Waals surface area contributed by atoms with E-state index in [9.17, 15) is 19.7 Å². The molecule has 0 unspecified atom stereocenters. The second-order valence-corrected chi connectivity index (χ2v) is 4.19. The molecule has 0 aromatic heterocycles. The van der Waals surface area contributed by atoms with Crippen molar-refractivity contribution in [2.75, 3.05) is 18.4 Å². The van der Waals surface area contributed by atoms with Crippen molar-refractivity contribution in [1.29, 1.82) is 0 Å². The van der Waals surface area contributed by atoms with Crippen molar-refractivity contribution >= 4 is 23.3 Å². The van der Waals surface area contributed by atoms with Crippen LogP contribution in [0.15, 0.2) is 24.3 Å². The quantitative estimate of drug-likeness (QED) is 0.387. The molecule has 1 aromatic carbocycles. The number of aliphatic carboxylic acids is 1. The van der Waals surface area contributed by atoms with E-state index in [2.05, 4.69) is 10.6 Å². The molecule has 0 bridgehead atoms. The number of benzene rings is 1. The van der Waals surface area contributed by atoms with Crippen LogP contribution in [0.3, 0.4) is 0 Å². The maximum atomic E-state index is 11.7. The van der Waals surface area contributed by atoms with E-state index in [-0.39, 0.29) is 25.2 Å². The SMILES string of the molecule is NCCN[C@H](CC(=O)Nc1ccc([N+](=O)[O-])cc1)C(=O)O. The number of nitro benzene ring substituents is 1. The van der Waals surface area contributed by atoms with Crippen molar-refractivity contribution in [3.8, 4) is 0 Å². The van der Waals surface area contributed by atoms with Gasteiger partial charge >= 0.3 is 5.97 Å². The zero-order valence-corrected chi connectivity index (χ0v) is 11.1. The summed E-state index contributed by atoms with van der Waals surface area (Å²) in [6.07, 6.45) is -0.272. The summed E-state index contributed by atoms with van der Waals surface area (Å²) in [6.45, 7) is 0.537. The van der Waals surface area contributed by atoms with Gasteiger partial charge in [0.05, 0.1) is 11.3 Å². The van der Waals surface area contributed by atoms with Crippen molar-refractivity contribution in [3.05, 3.63) is 34.4 Å². The smallest absolute Gasteiger partial charge is 0.321 e. The van der Waals surface area contributed by atoms with Gasteiger partial charge in [-0.15, -0.1) is 0 Å². The molecule has 1 amide bonds. The van der Waals surface area contributed by atoms with Crippen LogP contribution in [-0.2, 0) is 9.59 Å². The van der Waals surface area contributed by atoms with Crippen LogP contribution in [0.4, 0.5) is 11.4 Å². The Hall–Kier alpha value is -2.52. The molecule has 0 saturated heterocycles. The van der Waals surface area contributed by atoms with Crippen LogP contribution in [0.5, 0.6) is 0 Å². The number of carboxylic acid groups (broad SMARTS) is 1. The van der Waals surface area contributed by atoms with E-state index < -0.39 is 22.8 Å². The summed E-state index contributed by atoms with van der Waals surface area (Å²) in [5.41, 5.74) is 5.52. The number of hydrogen-bond donors (Lipinski definition) is 4. The van der Waals surface area contributed by atoms with Crippen LogP contribution in [0.1, 0.15) is 6.42 Å². The van der Waals surface area contributed by atoms with Gasteiger partial charge in [0.15, 0.2) is 0 Å². The normalized spacial score (nSPS) is 11.7. The van der Waals surface area contributed by atoms with E-state index in [4.69, 9.17) is 10.8 Å². The molecule has 0 aliphatic carbocycles. The van der Waals surface area contributed by atoms with Crippen LogP contribution in [-0.4, -0.2) is 41.0 Å². The third-order valence-corrected chi connectivity index (χ3v) is 2.58. The first-order valence-electron chi connectivity index (χ1n) is 6.14. The van der Waals surface area contributed by atoms with Crippen LogP contribution < -0.4 is 16.4 Å². The number of nitrogens with zero attached hydrogens (tertiary/aromatic N) is 1. The highest BCUT2D eigenvalue weighted by Crippen LogP contribution is 2.15. The van der Waals surface area contributed by atoms with E-state index in [1.165, 1.54) is 24.3 Å². The summed E-state index contributed by atoms with van der Waals surface area (Å²) >= 11 is 0. The number of nitrogens with two attached hydrogens (primary N) is 1. The second kappa shape index (κ2) is 7.92. The molecule has 1 aromatic rings. The Labute approximate surface area is 120 Å². The van der Waals surface area contributed by atoms with Gasteiger partial charge in [-0.3, -0.25) is 19.7 Å². The molecular weight excluding hydrogens is 280 g/mol. The molecule has 9 nitrogen and oxygen atoms in total. The highest BCUT2D eigenvalue weighted by atomic mass is 16.6. The largest absolute Gasteiger partial charge is 0.480 e. The molecule has 0 heterocycles. The average Bonchev–Trinajstić information content (AvgIpc) is 2.43. The summed E-state index contributed by atoms with van der Waals surface area (Å²) in [4.78, 5) is 32.6. The molecule has 0 saturated carbocycles. The van der Waals surface area contributed by atoms with Gasteiger partial charge in [0, 0.05) is 30.9 Å². The lowest BCUT2D eigenvalue weighted by Crippen LogP contribution is -2.41. The Kier molecular flexibility index (Phi) is 6.24. The predicted molar refractivity (Wildman–Crippen MR) is 74.8 cm³/mol. The summed E-state index contributed by atoms with van der Waals surface area (Å²) in [7, 11) is 0. The lowest BCUT2D eigenvalue weighted by molar-refractivity contribution is -0.384. The number of non-ortho nitro benzene ring substituents is 1. The first kappa shape index (κ1) is 16.5. The molecule has 0 spiro atoms. The van der Waals surface area contributed by atoms with Gasteiger partial charge in [-0.2, -0.15) is 0 Å². The molecule has 0 aliphatic heterocycles. The summed E-state index contributed by atoms with van der Waals surface area (Å²) in [6, 6.07) is 4.21. The van der Waals surface area contributed by atoms with Gasteiger partial charge < -0.3 is 21.5 Å². The van der Waals surface area contributed by atoms with Gasteiger partial charge in [-0.1, -0.05) is 0 Å². The summed E-state index contributed by atoms with van der Waals surface area (Å²) in [5.74, 6) is -1.66. The third kappa shape index (κ3) is 5.55. The molecule has 0 radical (unpaired) electrons. The second-order valence-electron chi connectivity index (χ2n) is 4.19. The highest BCUT2D eigenvalue weighted by Gasteiger charge is 2.20. The number of carbonyl (C=O) groups excluding carboxylic acids is 1. The Morgan fingerprint density at radius 3 is 2.43 bits per heavy atom. The maximum absolute atomic E-state index is 11.7. The molecule has 1 atom stereocenters. The van der Waals surface area contributed by atoms with E-state index in [0.29, 0.717) is 5.69 Å². The monoisotopic (exact) mass is 296 g/mol. The maximum Gasteiger partial charge on any atom is 0.321 e. The van der Waals surface area contributed by atoms with Crippen molar-refractivity contribution < 1.29 is 19.6 Å². The number of hydrogen-bond acceptors (Lipinski definition) is 6. The number of nitrogens with one attached hydrogen (secondary N) is 2. The van der Waals surface area contributed by atoms with E-state index in [0.717, 1.165) is 0 Å². The molecular formula is C12H16N4O5. The molecule has 0 aliphatic rings. The number of carboxylic acids is 1. The third-order valence-electron chi connectivity index (χ3n) is 2.58. The minimum absolute atomic E-state index is 0.0963. The van der Waals surface area contributed by atoms with Gasteiger partial charge in [0.25, 0.3) is 5.69 Å². The number of amides is 1. The fourth-order valence-electron chi connectivity index (χ4n) is 1.57. The molecule has 9 heteroatoms. The fraction of sp³-hybridized carbons (Fsp3) is 0.333. The van der Waals surface area contributed by atoms with Gasteiger partial charge in [-0.05, 0) is 12.1 Å². The van der Waals surface area contributed by atoms with Crippen LogP contribution in [0, 0.1) is 10.1 Å². The number of nitro groups is 1. The zero-order valence-electron chi connectivity index (χ0n) is 11.1. The van der Waals surface area contributed by atoms with E-state index >= 15 is 0 Å². The highest BCUT2D eigenvalue weighted by molar-refractivity contribution is 5.94. The summed E-state index contributed by atoms with van der Waals surface area (Å²) in [5, 5.41) is 24.6. The van der Waals surface area contributed by atoms with E-state index in [1.807, 2.05) is 0 Å². The van der Waals surface area contributed by atoms with Crippen LogP contribution >= 0.6 is 0 Å². The zero-order chi connectivity index (χ0) is 15.8. The topological polar surface area (TPSA) is 148 Å². The Bertz CT molecular complexity index is 517. The van der Waals surface area contributed by atoms with Crippen molar-refractivity contribution in [2.45, 2.75) is 12.5 Å². The number of anilines is 1. The van der Waals surface area contributed by atoms with Crippen LogP contribution in [0.25, 0.3) is 0 Å². The molecule has 5 N–H and O–H groups in total. The molecule has 0 fully saturated rings. The molecule has 21 heavy (non-hydrogen) atoms. The predicted octanol–water partition coefficient (Wildman–Crippen LogP) is -0.0751. The minimum Gasteiger partial charge on any atom is -0.480 e. The lowest BCUT2D eigenvalue weighted by Gasteiger charge is -2.13. The number of rotatable bonds is 8. The Morgan fingerprint density at radius 2 is 1.95 bits per heavy atom. The van der Waals surface area contributed by atoms with Crippen molar-refractivity contribution in [3.63, 3.8) is 0 Å². The van der Waals surface area contributed by atoms with Gasteiger partial charge in [0.2, 0.25) is 5.91 Å². The standard InChI is InChI=1S/C12H16N4O5/c13-5-6-14-10(12(18)19)7-11(17)15-8-1-3-9(4-2-8)16(20)21/h1-4,10,14H,5-7,13H2,(H,15,17)(H,18,19)/t10-/m1/s1. The minimum atomic E-state index is -1.15. The fourth-order valence-corrected chi connectivity index (χ4v) is 1.57. The van der Waals surface area contributed by atoms with Crippen molar-refractivity contribution in [1.82, 2.24) is 5.32 Å². The molecule has 114 valence electrons. The average molecular weight is 296 g/mol. The lowest BCUT2D eigenvalue weighted by atomic mass is 10.2.